The Morgan fingerprint density at radius 3 is 2.20 bits per heavy atom. The van der Waals surface area contributed by atoms with Gasteiger partial charge in [0, 0.05) is 12.1 Å². The second-order valence-electron chi connectivity index (χ2n) is 8.83. The van der Waals surface area contributed by atoms with Gasteiger partial charge in [-0.2, -0.15) is 4.31 Å². The maximum atomic E-state index is 13.8. The summed E-state index contributed by atoms with van der Waals surface area (Å²) >= 11 is 0. The third kappa shape index (κ3) is 6.50. The van der Waals surface area contributed by atoms with Crippen molar-refractivity contribution in [2.24, 2.45) is 0 Å². The standard InChI is InChI=1S/C28H34N2O4S/c1-20-17-21(2)28(22(3)18-20)35(32,33)30(16-15-24-11-7-6-8-12-24)19-27(31)29-23(4)25-13-9-10-14-26(25)34-5/h6-14,17-18,23H,15-16,19H2,1-5H3,(H,29,31)/t23-/m1/s1. The van der Waals surface area contributed by atoms with Crippen LogP contribution < -0.4 is 10.1 Å². The van der Waals surface area contributed by atoms with Crippen LogP contribution in [0.4, 0.5) is 0 Å². The summed E-state index contributed by atoms with van der Waals surface area (Å²) < 4.78 is 34.3. The fourth-order valence-electron chi connectivity index (χ4n) is 4.43. The number of para-hydroxylation sites is 1. The van der Waals surface area contributed by atoms with Crippen molar-refractivity contribution in [2.45, 2.75) is 45.1 Å². The lowest BCUT2D eigenvalue weighted by atomic mass is 10.1. The SMILES string of the molecule is COc1ccccc1[C@@H](C)NC(=O)CN(CCc1ccccc1)S(=O)(=O)c1c(C)cc(C)cc1C. The summed E-state index contributed by atoms with van der Waals surface area (Å²) in [6.07, 6.45) is 0.499. The molecule has 3 aromatic rings. The molecular formula is C28H34N2O4S. The van der Waals surface area contributed by atoms with Crippen molar-refractivity contribution in [3.05, 3.63) is 94.5 Å². The number of ether oxygens (including phenoxy) is 1. The van der Waals surface area contributed by atoms with Crippen molar-refractivity contribution in [3.8, 4) is 5.75 Å². The monoisotopic (exact) mass is 494 g/mol. The third-order valence-corrected chi connectivity index (χ3v) is 8.15. The van der Waals surface area contributed by atoms with Gasteiger partial charge in [0.05, 0.1) is 24.6 Å². The van der Waals surface area contributed by atoms with E-state index in [9.17, 15) is 13.2 Å². The van der Waals surface area contributed by atoms with E-state index < -0.39 is 10.0 Å². The first-order valence-electron chi connectivity index (χ1n) is 11.7. The predicted octanol–water partition coefficient (Wildman–Crippen LogP) is 4.73. The van der Waals surface area contributed by atoms with Crippen molar-refractivity contribution in [2.75, 3.05) is 20.2 Å². The second-order valence-corrected chi connectivity index (χ2v) is 10.7. The molecular weight excluding hydrogens is 460 g/mol. The van der Waals surface area contributed by atoms with E-state index in [1.807, 2.05) is 80.6 Å². The van der Waals surface area contributed by atoms with E-state index in [2.05, 4.69) is 5.32 Å². The number of sulfonamides is 1. The van der Waals surface area contributed by atoms with Crippen LogP contribution in [0.1, 0.15) is 40.8 Å². The van der Waals surface area contributed by atoms with Gasteiger partial charge < -0.3 is 10.1 Å². The van der Waals surface area contributed by atoms with E-state index in [0.717, 1.165) is 16.7 Å². The van der Waals surface area contributed by atoms with Gasteiger partial charge in [0.15, 0.2) is 0 Å². The Bertz CT molecular complexity index is 1250. The molecule has 0 saturated carbocycles. The second kappa shape index (κ2) is 11.5. The molecule has 0 fully saturated rings. The van der Waals surface area contributed by atoms with Gasteiger partial charge in [0.25, 0.3) is 0 Å². The van der Waals surface area contributed by atoms with Crippen LogP contribution in [0.5, 0.6) is 5.75 Å². The molecule has 0 aromatic heterocycles. The maximum absolute atomic E-state index is 13.8. The van der Waals surface area contributed by atoms with Gasteiger partial charge in [-0.15, -0.1) is 0 Å². The predicted molar refractivity (Wildman–Crippen MR) is 139 cm³/mol. The van der Waals surface area contributed by atoms with Crippen molar-refractivity contribution >= 4 is 15.9 Å². The molecule has 0 unspecified atom stereocenters. The summed E-state index contributed by atoms with van der Waals surface area (Å²) in [4.78, 5) is 13.4. The van der Waals surface area contributed by atoms with E-state index in [1.165, 1.54) is 4.31 Å². The highest BCUT2D eigenvalue weighted by molar-refractivity contribution is 7.89. The molecule has 0 aliphatic rings. The fraction of sp³-hybridized carbons (Fsp3) is 0.321. The summed E-state index contributed by atoms with van der Waals surface area (Å²) in [5, 5.41) is 2.94. The van der Waals surface area contributed by atoms with Gasteiger partial charge in [0.1, 0.15) is 5.75 Å². The minimum absolute atomic E-state index is 0.190. The molecule has 0 bridgehead atoms. The van der Waals surface area contributed by atoms with Crippen molar-refractivity contribution in [1.29, 1.82) is 0 Å². The first-order chi connectivity index (χ1) is 16.6. The third-order valence-electron chi connectivity index (χ3n) is 6.00. The number of hydrogen-bond donors (Lipinski definition) is 1. The summed E-state index contributed by atoms with van der Waals surface area (Å²) in [6, 6.07) is 20.5. The zero-order valence-corrected chi connectivity index (χ0v) is 21.9. The number of nitrogens with one attached hydrogen (secondary N) is 1. The van der Waals surface area contributed by atoms with E-state index >= 15 is 0 Å². The van der Waals surface area contributed by atoms with E-state index in [-0.39, 0.29) is 29.9 Å². The molecule has 0 radical (unpaired) electrons. The van der Waals surface area contributed by atoms with E-state index in [4.69, 9.17) is 4.74 Å². The van der Waals surface area contributed by atoms with Crippen LogP contribution in [-0.2, 0) is 21.2 Å². The zero-order chi connectivity index (χ0) is 25.6. The lowest BCUT2D eigenvalue weighted by Crippen LogP contribution is -2.42. The van der Waals surface area contributed by atoms with Crippen LogP contribution in [-0.4, -0.2) is 38.8 Å². The minimum Gasteiger partial charge on any atom is -0.496 e. The summed E-state index contributed by atoms with van der Waals surface area (Å²) in [6.45, 7) is 7.30. The van der Waals surface area contributed by atoms with Crippen molar-refractivity contribution in [3.63, 3.8) is 0 Å². The van der Waals surface area contributed by atoms with Crippen molar-refractivity contribution < 1.29 is 17.9 Å². The van der Waals surface area contributed by atoms with Crippen LogP contribution >= 0.6 is 0 Å². The molecule has 0 aliphatic carbocycles. The topological polar surface area (TPSA) is 75.7 Å². The number of carbonyl (C=O) groups excluding carboxylic acids is 1. The van der Waals surface area contributed by atoms with Gasteiger partial charge in [-0.05, 0) is 56.9 Å². The summed E-state index contributed by atoms with van der Waals surface area (Å²) in [5.74, 6) is 0.294. The van der Waals surface area contributed by atoms with E-state index in [0.29, 0.717) is 23.3 Å². The molecule has 0 aliphatic heterocycles. The first kappa shape index (κ1) is 26.4. The quantitative estimate of drug-likeness (QED) is 0.442. The van der Waals surface area contributed by atoms with Gasteiger partial charge in [-0.3, -0.25) is 4.79 Å². The highest BCUT2D eigenvalue weighted by Gasteiger charge is 2.30. The Balaban J connectivity index is 1.87. The average molecular weight is 495 g/mol. The number of nitrogens with zero attached hydrogens (tertiary/aromatic N) is 1. The molecule has 3 aromatic carbocycles. The average Bonchev–Trinajstić information content (AvgIpc) is 2.81. The smallest absolute Gasteiger partial charge is 0.244 e. The van der Waals surface area contributed by atoms with Crippen LogP contribution in [0.15, 0.2) is 71.6 Å². The Hall–Kier alpha value is -3.16. The molecule has 35 heavy (non-hydrogen) atoms. The van der Waals surface area contributed by atoms with Gasteiger partial charge in [0.2, 0.25) is 15.9 Å². The zero-order valence-electron chi connectivity index (χ0n) is 21.0. The Kier molecular flexibility index (Phi) is 8.70. The fourth-order valence-corrected chi connectivity index (χ4v) is 6.24. The van der Waals surface area contributed by atoms with Gasteiger partial charge in [-0.25, -0.2) is 8.42 Å². The molecule has 0 spiro atoms. The lowest BCUT2D eigenvalue weighted by Gasteiger charge is -2.25. The number of methoxy groups -OCH3 is 1. The number of rotatable bonds is 10. The van der Waals surface area contributed by atoms with Gasteiger partial charge >= 0.3 is 0 Å². The van der Waals surface area contributed by atoms with Crippen LogP contribution in [0.3, 0.4) is 0 Å². The number of benzene rings is 3. The van der Waals surface area contributed by atoms with Crippen LogP contribution in [0, 0.1) is 20.8 Å². The molecule has 0 heterocycles. The number of hydrogen-bond acceptors (Lipinski definition) is 4. The summed E-state index contributed by atoms with van der Waals surface area (Å²) in [5.41, 5.74) is 4.18. The molecule has 186 valence electrons. The summed E-state index contributed by atoms with van der Waals surface area (Å²) in [7, 11) is -2.33. The largest absolute Gasteiger partial charge is 0.496 e. The van der Waals surface area contributed by atoms with E-state index in [1.54, 1.807) is 21.0 Å². The number of amides is 1. The highest BCUT2D eigenvalue weighted by atomic mass is 32.2. The van der Waals surface area contributed by atoms with Crippen LogP contribution in [0.2, 0.25) is 0 Å². The highest BCUT2D eigenvalue weighted by Crippen LogP contribution is 2.27. The molecule has 7 heteroatoms. The molecule has 0 saturated heterocycles. The molecule has 1 atom stereocenters. The lowest BCUT2D eigenvalue weighted by molar-refractivity contribution is -0.121. The Morgan fingerprint density at radius 2 is 1.57 bits per heavy atom. The molecule has 1 N–H and O–H groups in total. The number of carbonyl (C=O) groups is 1. The number of aryl methyl sites for hydroxylation is 3. The van der Waals surface area contributed by atoms with Crippen LogP contribution in [0.25, 0.3) is 0 Å². The molecule has 6 nitrogen and oxygen atoms in total. The molecule has 3 rings (SSSR count). The minimum atomic E-state index is -3.91. The first-order valence-corrected chi connectivity index (χ1v) is 13.1. The maximum Gasteiger partial charge on any atom is 0.244 e. The Labute approximate surface area is 209 Å². The van der Waals surface area contributed by atoms with Crippen molar-refractivity contribution in [1.82, 2.24) is 9.62 Å². The molecule has 1 amide bonds. The Morgan fingerprint density at radius 1 is 0.971 bits per heavy atom. The normalized spacial score (nSPS) is 12.4. The van der Waals surface area contributed by atoms with Gasteiger partial charge in [-0.1, -0.05) is 66.2 Å².